The Morgan fingerprint density at radius 1 is 1.10 bits per heavy atom. The molecule has 0 bridgehead atoms. The maximum atomic E-state index is 13.3. The van der Waals surface area contributed by atoms with E-state index in [-0.39, 0.29) is 42.5 Å². The summed E-state index contributed by atoms with van der Waals surface area (Å²) in [4.78, 5) is 24.9. The minimum absolute atomic E-state index is 0. The molecule has 0 N–H and O–H groups in total. The first-order chi connectivity index (χ1) is 14.3. The van der Waals surface area contributed by atoms with Crippen LogP contribution in [0.4, 0.5) is 0 Å². The standard InChI is InChI=1S/C20H20N4O5S.Na/c1-20(17(19(26)27)24-15(25)12-16(24)30(20,28)29)13-23-11-6-14(21-7-2-3-8-21)18(23)22-9-4-5-10-22;/h2-11,16-17H,12-13H2,1H3,(H,26,27);/q;+1/p-1. The third kappa shape index (κ3) is 2.96. The van der Waals surface area contributed by atoms with Crippen LogP contribution in [-0.2, 0) is 26.0 Å². The Balaban J connectivity index is 0.00000231. The fourth-order valence-corrected chi connectivity index (χ4v) is 7.00. The van der Waals surface area contributed by atoms with Crippen LogP contribution < -0.4 is 34.7 Å². The second-order valence-corrected chi connectivity index (χ2v) is 10.4. The average molecular weight is 450 g/mol. The van der Waals surface area contributed by atoms with Crippen LogP contribution in [-0.4, -0.2) is 55.1 Å². The molecular formula is C20H19N4NaO5S. The fraction of sp³-hybridized carbons (Fsp3) is 0.300. The predicted molar refractivity (Wildman–Crippen MR) is 104 cm³/mol. The molecule has 2 saturated heterocycles. The molecule has 3 unspecified atom stereocenters. The van der Waals surface area contributed by atoms with Crippen molar-refractivity contribution < 1.29 is 52.7 Å². The number of aromatic nitrogens is 3. The molecule has 5 rings (SSSR count). The first kappa shape index (κ1) is 21.9. The molecule has 0 aliphatic carbocycles. The quantitative estimate of drug-likeness (QED) is 0.303. The summed E-state index contributed by atoms with van der Waals surface area (Å²) in [6, 6.07) is 7.75. The maximum Gasteiger partial charge on any atom is 1.00 e. The Bertz CT molecular complexity index is 1250. The summed E-state index contributed by atoms with van der Waals surface area (Å²) in [7, 11) is -3.94. The van der Waals surface area contributed by atoms with Gasteiger partial charge in [-0.05, 0) is 37.3 Å². The molecule has 3 atom stereocenters. The topological polar surface area (TPSA) is 109 Å². The van der Waals surface area contributed by atoms with Gasteiger partial charge in [-0.25, -0.2) is 8.42 Å². The van der Waals surface area contributed by atoms with E-state index in [1.807, 2.05) is 64.3 Å². The Kier molecular flexibility index (Phi) is 5.24. The molecule has 0 radical (unpaired) electrons. The third-order valence-electron chi connectivity index (χ3n) is 6.16. The second-order valence-electron chi connectivity index (χ2n) is 7.87. The van der Waals surface area contributed by atoms with Crippen LogP contribution in [0, 0.1) is 0 Å². The summed E-state index contributed by atoms with van der Waals surface area (Å²) < 4.78 is 30.3. The van der Waals surface area contributed by atoms with Crippen molar-refractivity contribution >= 4 is 21.7 Å². The van der Waals surface area contributed by atoms with E-state index in [9.17, 15) is 23.1 Å². The zero-order valence-electron chi connectivity index (χ0n) is 17.1. The van der Waals surface area contributed by atoms with E-state index in [0.29, 0.717) is 5.82 Å². The molecule has 3 aromatic heterocycles. The van der Waals surface area contributed by atoms with Crippen molar-refractivity contribution in [1.82, 2.24) is 18.6 Å². The van der Waals surface area contributed by atoms with Crippen LogP contribution in [0.3, 0.4) is 0 Å². The number of carboxylic acids is 1. The van der Waals surface area contributed by atoms with E-state index in [0.717, 1.165) is 10.6 Å². The van der Waals surface area contributed by atoms with Crippen LogP contribution in [0.1, 0.15) is 13.3 Å². The number of carboxylic acid groups (broad SMARTS) is 1. The van der Waals surface area contributed by atoms with Crippen molar-refractivity contribution in [3.63, 3.8) is 0 Å². The number of nitrogens with zero attached hydrogens (tertiary/aromatic N) is 4. The number of hydrogen-bond donors (Lipinski definition) is 0. The monoisotopic (exact) mass is 450 g/mol. The second kappa shape index (κ2) is 7.40. The van der Waals surface area contributed by atoms with Crippen molar-refractivity contribution in [2.45, 2.75) is 36.1 Å². The van der Waals surface area contributed by atoms with Gasteiger partial charge in [0, 0.05) is 37.5 Å². The van der Waals surface area contributed by atoms with Gasteiger partial charge in [-0.3, -0.25) is 4.79 Å². The van der Waals surface area contributed by atoms with Crippen molar-refractivity contribution in [2.24, 2.45) is 0 Å². The van der Waals surface area contributed by atoms with E-state index in [1.165, 1.54) is 6.92 Å². The Hall–Kier alpha value is -2.27. The molecule has 2 aliphatic heterocycles. The van der Waals surface area contributed by atoms with Crippen LogP contribution >= 0.6 is 0 Å². The number of fused-ring (bicyclic) bond motifs is 1. The average Bonchev–Trinajstić information content (AvgIpc) is 3.44. The van der Waals surface area contributed by atoms with E-state index in [4.69, 9.17) is 0 Å². The predicted octanol–water partition coefficient (Wildman–Crippen LogP) is -3.06. The number of amides is 1. The Morgan fingerprint density at radius 2 is 1.68 bits per heavy atom. The molecule has 3 aromatic rings. The van der Waals surface area contributed by atoms with E-state index in [1.54, 1.807) is 10.8 Å². The number of sulfone groups is 1. The molecule has 0 aromatic carbocycles. The molecule has 9 nitrogen and oxygen atoms in total. The number of rotatable bonds is 5. The number of hydrogen-bond acceptors (Lipinski definition) is 5. The van der Waals surface area contributed by atoms with Crippen molar-refractivity contribution in [3.05, 3.63) is 61.3 Å². The van der Waals surface area contributed by atoms with Crippen LogP contribution in [0.5, 0.6) is 0 Å². The largest absolute Gasteiger partial charge is 1.00 e. The summed E-state index contributed by atoms with van der Waals surface area (Å²) in [5.41, 5.74) is 0.805. The third-order valence-corrected chi connectivity index (χ3v) is 8.93. The van der Waals surface area contributed by atoms with E-state index in [2.05, 4.69) is 0 Å². The Morgan fingerprint density at radius 3 is 2.23 bits per heavy atom. The minimum Gasteiger partial charge on any atom is -0.548 e. The normalized spacial score (nSPS) is 26.2. The van der Waals surface area contributed by atoms with Gasteiger partial charge in [0.25, 0.3) is 0 Å². The molecular weight excluding hydrogens is 431 g/mol. The number of aliphatic carboxylic acids is 1. The smallest absolute Gasteiger partial charge is 0.548 e. The van der Waals surface area contributed by atoms with Gasteiger partial charge in [0.2, 0.25) is 5.91 Å². The molecule has 2 aliphatic rings. The van der Waals surface area contributed by atoms with Gasteiger partial charge in [0.15, 0.2) is 9.84 Å². The molecule has 0 saturated carbocycles. The SMILES string of the molecule is CC1(Cn2ccc(-n3cccc3)c2-n2cccc2)C(C(=O)[O-])N2C(=O)CC2S1(=O)=O.[Na+]. The summed E-state index contributed by atoms with van der Waals surface area (Å²) in [5.74, 6) is -1.35. The van der Waals surface area contributed by atoms with E-state index >= 15 is 0 Å². The van der Waals surface area contributed by atoms with Crippen molar-refractivity contribution in [3.8, 4) is 11.5 Å². The summed E-state index contributed by atoms with van der Waals surface area (Å²) in [6.07, 6.45) is 8.95. The molecule has 2 fully saturated rings. The van der Waals surface area contributed by atoms with Gasteiger partial charge in [-0.15, -0.1) is 0 Å². The molecule has 1 amide bonds. The van der Waals surface area contributed by atoms with Crippen LogP contribution in [0.2, 0.25) is 0 Å². The number of carbonyl (C=O) groups excluding carboxylic acids is 2. The first-order valence-electron chi connectivity index (χ1n) is 9.47. The van der Waals surface area contributed by atoms with Gasteiger partial charge in [-0.2, -0.15) is 0 Å². The Labute approximate surface area is 201 Å². The number of β-lactam (4-membered cyclic amide) rings is 1. The van der Waals surface area contributed by atoms with Crippen LogP contribution in [0.25, 0.3) is 11.5 Å². The van der Waals surface area contributed by atoms with Crippen molar-refractivity contribution in [2.75, 3.05) is 0 Å². The zero-order chi connectivity index (χ0) is 21.3. The first-order valence-corrected chi connectivity index (χ1v) is 11.0. The van der Waals surface area contributed by atoms with Gasteiger partial charge in [0.05, 0.1) is 24.1 Å². The maximum absolute atomic E-state index is 13.3. The minimum atomic E-state index is -3.94. The van der Waals surface area contributed by atoms with Gasteiger partial charge < -0.3 is 28.5 Å². The van der Waals surface area contributed by atoms with Crippen LogP contribution in [0.15, 0.2) is 61.3 Å². The van der Waals surface area contributed by atoms with E-state index < -0.39 is 37.9 Å². The summed E-state index contributed by atoms with van der Waals surface area (Å²) >= 11 is 0. The van der Waals surface area contributed by atoms with Gasteiger partial charge in [0.1, 0.15) is 15.9 Å². The number of carbonyl (C=O) groups is 2. The fourth-order valence-electron chi connectivity index (χ4n) is 4.64. The summed E-state index contributed by atoms with van der Waals surface area (Å²) in [5, 5.41) is 10.8. The molecule has 31 heavy (non-hydrogen) atoms. The molecule has 11 heteroatoms. The molecule has 156 valence electrons. The van der Waals surface area contributed by atoms with Gasteiger partial charge in [-0.1, -0.05) is 0 Å². The zero-order valence-corrected chi connectivity index (χ0v) is 19.9. The molecule has 0 spiro atoms. The van der Waals surface area contributed by atoms with Gasteiger partial charge >= 0.3 is 29.6 Å². The molecule has 5 heterocycles. The summed E-state index contributed by atoms with van der Waals surface area (Å²) in [6.45, 7) is 1.26. The van der Waals surface area contributed by atoms with Crippen molar-refractivity contribution in [1.29, 1.82) is 0 Å².